The van der Waals surface area contributed by atoms with E-state index in [0.717, 1.165) is 27.5 Å². The number of hydrogen-bond donors (Lipinski definition) is 2. The van der Waals surface area contributed by atoms with Crippen LogP contribution in [0.3, 0.4) is 0 Å². The Labute approximate surface area is 232 Å². The lowest BCUT2D eigenvalue weighted by atomic mass is 9.94. The second-order valence-electron chi connectivity index (χ2n) is 11.1. The molecule has 1 fully saturated rings. The smallest absolute Gasteiger partial charge is 0.324 e. The van der Waals surface area contributed by atoms with Crippen LogP contribution in [0.2, 0.25) is 0 Å². The van der Waals surface area contributed by atoms with Crippen LogP contribution >= 0.6 is 11.6 Å². The molecule has 1 spiro atoms. The second-order valence-corrected chi connectivity index (χ2v) is 11.4. The number of imide groups is 1. The van der Waals surface area contributed by atoms with Crippen molar-refractivity contribution >= 4 is 51.8 Å². The first kappa shape index (κ1) is 26.7. The predicted octanol–water partition coefficient (Wildman–Crippen LogP) is 4.09. The third-order valence-electron chi connectivity index (χ3n) is 7.77. The molecule has 1 saturated heterocycles. The molecular weight excluding hydrogens is 516 g/mol. The molecule has 2 N–H and O–H groups in total. The third kappa shape index (κ3) is 4.96. The van der Waals surface area contributed by atoms with E-state index >= 15 is 0 Å². The number of anilines is 1. The van der Waals surface area contributed by atoms with E-state index in [2.05, 4.69) is 10.6 Å². The number of nitrogens with zero attached hydrogens (tertiary/aromatic N) is 2. The first-order valence-corrected chi connectivity index (χ1v) is 13.4. The number of alkyl halides is 1. The fourth-order valence-corrected chi connectivity index (χ4v) is 5.51. The molecule has 3 aromatic carbocycles. The zero-order chi connectivity index (χ0) is 27.9. The molecule has 0 saturated carbocycles. The quantitative estimate of drug-likeness (QED) is 0.344. The number of carbonyl (C=O) groups is 4. The van der Waals surface area contributed by atoms with Gasteiger partial charge in [0.05, 0.1) is 5.41 Å². The number of urea groups is 1. The van der Waals surface area contributed by atoms with Crippen molar-refractivity contribution in [3.63, 3.8) is 0 Å². The van der Waals surface area contributed by atoms with Crippen molar-refractivity contribution in [2.24, 2.45) is 5.41 Å². The van der Waals surface area contributed by atoms with Crippen LogP contribution in [0, 0.1) is 5.41 Å². The minimum absolute atomic E-state index is 0.124. The van der Waals surface area contributed by atoms with Gasteiger partial charge in [-0.2, -0.15) is 0 Å². The highest BCUT2D eigenvalue weighted by atomic mass is 35.5. The number of rotatable bonds is 7. The zero-order valence-electron chi connectivity index (χ0n) is 22.2. The van der Waals surface area contributed by atoms with E-state index in [9.17, 15) is 19.2 Å². The summed E-state index contributed by atoms with van der Waals surface area (Å²) < 4.78 is 0. The Hall–Kier alpha value is -3.91. The monoisotopic (exact) mass is 546 g/mol. The molecule has 1 unspecified atom stereocenters. The van der Waals surface area contributed by atoms with E-state index in [4.69, 9.17) is 11.6 Å². The van der Waals surface area contributed by atoms with Crippen molar-refractivity contribution in [2.45, 2.75) is 38.8 Å². The summed E-state index contributed by atoms with van der Waals surface area (Å²) >= 11 is 6.11. The Balaban J connectivity index is 1.33. The SMILES string of the molecule is CN1C(=O)NC(=O)C12Cc1ccc(NC(=O)CN(Cc3ccc4ccccc4c3)C(=O)C(C)(C)CCl)cc1C2. The predicted molar refractivity (Wildman–Crippen MR) is 150 cm³/mol. The highest BCUT2D eigenvalue weighted by Crippen LogP contribution is 2.38. The highest BCUT2D eigenvalue weighted by molar-refractivity contribution is 6.20. The Kier molecular flexibility index (Phi) is 6.84. The summed E-state index contributed by atoms with van der Waals surface area (Å²) in [6.45, 7) is 3.65. The van der Waals surface area contributed by atoms with Gasteiger partial charge in [0.1, 0.15) is 12.1 Å². The number of benzene rings is 3. The number of hydrogen-bond acceptors (Lipinski definition) is 4. The van der Waals surface area contributed by atoms with Gasteiger partial charge in [0.15, 0.2) is 0 Å². The molecule has 0 bridgehead atoms. The molecule has 5 amide bonds. The lowest BCUT2D eigenvalue weighted by Crippen LogP contribution is -2.48. The number of carbonyl (C=O) groups excluding carboxylic acids is 4. The summed E-state index contributed by atoms with van der Waals surface area (Å²) in [5.74, 6) is -0.732. The summed E-state index contributed by atoms with van der Waals surface area (Å²) in [4.78, 5) is 54.2. The zero-order valence-corrected chi connectivity index (χ0v) is 23.0. The van der Waals surface area contributed by atoms with Crippen molar-refractivity contribution < 1.29 is 19.2 Å². The van der Waals surface area contributed by atoms with Gasteiger partial charge in [-0.25, -0.2) is 4.79 Å². The maximum atomic E-state index is 13.4. The summed E-state index contributed by atoms with van der Waals surface area (Å²) in [5, 5.41) is 7.45. The maximum Gasteiger partial charge on any atom is 0.324 e. The molecule has 39 heavy (non-hydrogen) atoms. The highest BCUT2D eigenvalue weighted by Gasteiger charge is 2.54. The summed E-state index contributed by atoms with van der Waals surface area (Å²) in [6, 6.07) is 19.1. The molecule has 1 aliphatic heterocycles. The molecule has 1 atom stereocenters. The third-order valence-corrected chi connectivity index (χ3v) is 8.44. The van der Waals surface area contributed by atoms with E-state index in [-0.39, 0.29) is 36.7 Å². The fraction of sp³-hybridized carbons (Fsp3) is 0.333. The summed E-state index contributed by atoms with van der Waals surface area (Å²) in [6.07, 6.45) is 0.794. The summed E-state index contributed by atoms with van der Waals surface area (Å²) in [5.41, 5.74) is 1.57. The molecular formula is C30H31ClN4O4. The van der Waals surface area contributed by atoms with Gasteiger partial charge < -0.3 is 15.1 Å². The molecule has 0 radical (unpaired) electrons. The molecule has 2 aliphatic rings. The van der Waals surface area contributed by atoms with Crippen LogP contribution in [-0.2, 0) is 33.8 Å². The number of likely N-dealkylation sites (N-methyl/N-ethyl adjacent to an activating group) is 1. The Morgan fingerprint density at radius 3 is 2.44 bits per heavy atom. The molecule has 3 aromatic rings. The first-order valence-electron chi connectivity index (χ1n) is 12.9. The molecule has 1 aliphatic carbocycles. The Morgan fingerprint density at radius 2 is 1.74 bits per heavy atom. The average molecular weight is 547 g/mol. The topological polar surface area (TPSA) is 98.8 Å². The number of nitrogens with one attached hydrogen (secondary N) is 2. The largest absolute Gasteiger partial charge is 0.329 e. The standard InChI is InChI=1S/C30H31ClN4O4/c1-29(2,18-31)27(38)35(16-19-8-9-20-6-4-5-7-21(20)12-19)17-25(36)32-24-11-10-22-14-30(15-23(22)13-24)26(37)33-28(39)34(30)3/h4-13H,14-18H2,1-3H3,(H,32,36)(H,33,37,39). The second kappa shape index (κ2) is 10.0. The number of amides is 5. The van der Waals surface area contributed by atoms with Crippen LogP contribution < -0.4 is 10.6 Å². The van der Waals surface area contributed by atoms with E-state index in [1.807, 2.05) is 54.6 Å². The minimum Gasteiger partial charge on any atom is -0.329 e. The molecule has 0 aromatic heterocycles. The lowest BCUT2D eigenvalue weighted by Gasteiger charge is -2.30. The van der Waals surface area contributed by atoms with Gasteiger partial charge in [0.25, 0.3) is 5.91 Å². The van der Waals surface area contributed by atoms with Gasteiger partial charge in [-0.15, -0.1) is 11.6 Å². The van der Waals surface area contributed by atoms with Crippen LogP contribution in [-0.4, -0.2) is 58.6 Å². The number of fused-ring (bicyclic) bond motifs is 2. The van der Waals surface area contributed by atoms with Crippen LogP contribution in [0.5, 0.6) is 0 Å². The molecule has 1 heterocycles. The van der Waals surface area contributed by atoms with E-state index in [1.165, 1.54) is 9.80 Å². The number of halogens is 1. The van der Waals surface area contributed by atoms with Crippen LogP contribution in [0.4, 0.5) is 10.5 Å². The van der Waals surface area contributed by atoms with Crippen molar-refractivity contribution in [3.05, 3.63) is 77.4 Å². The van der Waals surface area contributed by atoms with E-state index in [1.54, 1.807) is 27.0 Å². The summed E-state index contributed by atoms with van der Waals surface area (Å²) in [7, 11) is 1.62. The lowest BCUT2D eigenvalue weighted by molar-refractivity contribution is -0.142. The van der Waals surface area contributed by atoms with Gasteiger partial charge in [-0.05, 0) is 59.5 Å². The van der Waals surface area contributed by atoms with Crippen LogP contribution in [0.15, 0.2) is 60.7 Å². The normalized spacial score (nSPS) is 18.4. The Morgan fingerprint density at radius 1 is 1.03 bits per heavy atom. The van der Waals surface area contributed by atoms with Crippen LogP contribution in [0.1, 0.15) is 30.5 Å². The molecule has 202 valence electrons. The maximum absolute atomic E-state index is 13.4. The van der Waals surface area contributed by atoms with Gasteiger partial charge in [0.2, 0.25) is 11.8 Å². The molecule has 8 nitrogen and oxygen atoms in total. The van der Waals surface area contributed by atoms with Crippen molar-refractivity contribution in [1.29, 1.82) is 0 Å². The van der Waals surface area contributed by atoms with E-state index in [0.29, 0.717) is 18.5 Å². The first-order chi connectivity index (χ1) is 18.5. The van der Waals surface area contributed by atoms with Crippen molar-refractivity contribution in [1.82, 2.24) is 15.1 Å². The van der Waals surface area contributed by atoms with E-state index < -0.39 is 17.0 Å². The van der Waals surface area contributed by atoms with Gasteiger partial charge in [0, 0.05) is 38.0 Å². The van der Waals surface area contributed by atoms with Crippen LogP contribution in [0.25, 0.3) is 10.8 Å². The van der Waals surface area contributed by atoms with Crippen molar-refractivity contribution in [3.8, 4) is 0 Å². The van der Waals surface area contributed by atoms with Gasteiger partial charge >= 0.3 is 6.03 Å². The van der Waals surface area contributed by atoms with Gasteiger partial charge in [-0.3, -0.25) is 19.7 Å². The fourth-order valence-electron chi connectivity index (χ4n) is 5.39. The minimum atomic E-state index is -0.932. The van der Waals surface area contributed by atoms with Gasteiger partial charge in [-0.1, -0.05) is 42.5 Å². The molecule has 5 rings (SSSR count). The van der Waals surface area contributed by atoms with Crippen molar-refractivity contribution in [2.75, 3.05) is 24.8 Å². The average Bonchev–Trinajstić information content (AvgIpc) is 3.40. The Bertz CT molecular complexity index is 1500. The molecule has 9 heteroatoms.